The van der Waals surface area contributed by atoms with Crippen molar-refractivity contribution in [3.8, 4) is 0 Å². The number of hydrogen-bond donors (Lipinski definition) is 0. The molecular weight excluding hydrogens is 308 g/mol. The van der Waals surface area contributed by atoms with Gasteiger partial charge in [0.2, 0.25) is 0 Å². The van der Waals surface area contributed by atoms with Crippen LogP contribution in [0.2, 0.25) is 0 Å². The second-order valence-corrected chi connectivity index (χ2v) is 8.88. The van der Waals surface area contributed by atoms with E-state index in [1.807, 2.05) is 0 Å². The van der Waals surface area contributed by atoms with E-state index in [1.54, 1.807) is 26.8 Å². The Morgan fingerprint density at radius 2 is 1.67 bits per heavy atom. The van der Waals surface area contributed by atoms with Crippen LogP contribution in [-0.4, -0.2) is 22.4 Å². The number of benzene rings is 1. The van der Waals surface area contributed by atoms with E-state index in [9.17, 15) is 17.2 Å². The van der Waals surface area contributed by atoms with Gasteiger partial charge >= 0.3 is 0 Å². The van der Waals surface area contributed by atoms with E-state index in [1.165, 1.54) is 0 Å². The Kier molecular flexibility index (Phi) is 4.90. The predicted octanol–water partition coefficient (Wildman–Crippen LogP) is 2.96. The minimum atomic E-state index is -3.47. The van der Waals surface area contributed by atoms with Gasteiger partial charge in [0.05, 0.1) is 10.1 Å². The minimum Gasteiger partial charge on any atom is -0.768 e. The van der Waals surface area contributed by atoms with Gasteiger partial charge in [0.25, 0.3) is 0 Å². The molecule has 1 aliphatic carbocycles. The van der Waals surface area contributed by atoms with Crippen LogP contribution in [0.15, 0.2) is 15.9 Å². The number of aryl methyl sites for hydroxylation is 2. The molecule has 21 heavy (non-hydrogen) atoms. The molecule has 6 heteroatoms. The van der Waals surface area contributed by atoms with Crippen LogP contribution >= 0.6 is 0 Å². The first-order valence-electron chi connectivity index (χ1n) is 7.20. The van der Waals surface area contributed by atoms with Gasteiger partial charge in [-0.15, -0.1) is 0 Å². The van der Waals surface area contributed by atoms with Gasteiger partial charge in [0, 0.05) is 4.90 Å². The molecule has 1 atom stereocenters. The Morgan fingerprint density at radius 1 is 1.10 bits per heavy atom. The molecule has 0 spiro atoms. The van der Waals surface area contributed by atoms with Gasteiger partial charge in [-0.2, -0.15) is 0 Å². The third-order valence-electron chi connectivity index (χ3n) is 4.27. The van der Waals surface area contributed by atoms with Crippen molar-refractivity contribution in [3.05, 3.63) is 22.8 Å². The fraction of sp³-hybridized carbons (Fsp3) is 0.600. The number of rotatable bonds is 3. The molecule has 1 saturated carbocycles. The topological polar surface area (TPSA) is 74.3 Å². The highest BCUT2D eigenvalue weighted by molar-refractivity contribution is 7.92. The van der Waals surface area contributed by atoms with Gasteiger partial charge < -0.3 is 4.55 Å². The van der Waals surface area contributed by atoms with Crippen LogP contribution in [0.4, 0.5) is 0 Å². The molecule has 4 nitrogen and oxygen atoms in total. The third-order valence-corrected chi connectivity index (χ3v) is 7.78. The summed E-state index contributed by atoms with van der Waals surface area (Å²) in [5.74, 6) is 0. The first-order chi connectivity index (χ1) is 9.76. The fourth-order valence-electron chi connectivity index (χ4n) is 3.39. The Hall–Kier alpha value is -0.720. The Bertz CT molecular complexity index is 671. The molecule has 0 heterocycles. The summed E-state index contributed by atoms with van der Waals surface area (Å²) in [6.07, 6.45) is 4.27. The van der Waals surface area contributed by atoms with Crippen molar-refractivity contribution < 1.29 is 17.2 Å². The van der Waals surface area contributed by atoms with Crippen molar-refractivity contribution in [2.75, 3.05) is 0 Å². The standard InChI is InChI=1S/C15H22O4S2/c1-10-9-11(2)15(12(3)14(10)20(16)17)21(18,19)13-7-5-4-6-8-13/h9,13H,4-8H2,1-3H3,(H,16,17)/p-1. The molecule has 0 radical (unpaired) electrons. The summed E-state index contributed by atoms with van der Waals surface area (Å²) in [5, 5.41) is -0.376. The SMILES string of the molecule is Cc1cc(C)c(S(=O)(=O)C2CCCCC2)c(C)c1S(=O)[O-]. The van der Waals surface area contributed by atoms with E-state index in [-0.39, 0.29) is 15.0 Å². The van der Waals surface area contributed by atoms with Gasteiger partial charge in [-0.3, -0.25) is 4.21 Å². The molecular formula is C15H21O4S2-. The average Bonchev–Trinajstić information content (AvgIpc) is 2.38. The second-order valence-electron chi connectivity index (χ2n) is 5.83. The van der Waals surface area contributed by atoms with Crippen molar-refractivity contribution in [1.82, 2.24) is 0 Å². The summed E-state index contributed by atoms with van der Waals surface area (Å²) >= 11 is -2.42. The van der Waals surface area contributed by atoms with Crippen molar-refractivity contribution in [2.45, 2.75) is 67.9 Å². The van der Waals surface area contributed by atoms with Crippen molar-refractivity contribution >= 4 is 20.9 Å². The van der Waals surface area contributed by atoms with E-state index in [0.29, 0.717) is 29.5 Å². The molecule has 1 aliphatic rings. The number of hydrogen-bond acceptors (Lipinski definition) is 4. The van der Waals surface area contributed by atoms with Crippen LogP contribution in [-0.2, 0) is 20.9 Å². The molecule has 1 aromatic rings. The molecule has 118 valence electrons. The molecule has 1 aromatic carbocycles. The summed E-state index contributed by atoms with van der Waals surface area (Å²) in [7, 11) is -3.47. The summed E-state index contributed by atoms with van der Waals surface area (Å²) in [6, 6.07) is 1.66. The second kappa shape index (κ2) is 6.18. The van der Waals surface area contributed by atoms with Gasteiger partial charge in [-0.1, -0.05) is 25.3 Å². The molecule has 0 aliphatic heterocycles. The van der Waals surface area contributed by atoms with Crippen LogP contribution in [0.5, 0.6) is 0 Å². The quantitative estimate of drug-likeness (QED) is 0.799. The molecule has 0 aromatic heterocycles. The van der Waals surface area contributed by atoms with E-state index in [4.69, 9.17) is 0 Å². The highest BCUT2D eigenvalue weighted by Gasteiger charge is 2.32. The normalized spacial score (nSPS) is 18.7. The van der Waals surface area contributed by atoms with Crippen LogP contribution < -0.4 is 0 Å². The maximum Gasteiger partial charge on any atom is 0.181 e. The molecule has 0 saturated heterocycles. The zero-order chi connectivity index (χ0) is 15.8. The minimum absolute atomic E-state index is 0.120. The van der Waals surface area contributed by atoms with E-state index >= 15 is 0 Å². The first-order valence-corrected chi connectivity index (χ1v) is 9.83. The molecule has 1 fully saturated rings. The lowest BCUT2D eigenvalue weighted by Crippen LogP contribution is -2.26. The molecule has 0 amide bonds. The van der Waals surface area contributed by atoms with Gasteiger partial charge in [0.1, 0.15) is 0 Å². The Labute approximate surface area is 129 Å². The first kappa shape index (κ1) is 16.6. The van der Waals surface area contributed by atoms with Gasteiger partial charge in [-0.05, 0) is 61.4 Å². The molecule has 2 rings (SSSR count). The number of sulfone groups is 1. The maximum absolute atomic E-state index is 12.9. The summed E-state index contributed by atoms with van der Waals surface area (Å²) in [4.78, 5) is 0.342. The highest BCUT2D eigenvalue weighted by atomic mass is 32.2. The monoisotopic (exact) mass is 329 g/mol. The molecule has 0 bridgehead atoms. The van der Waals surface area contributed by atoms with E-state index in [0.717, 1.165) is 19.3 Å². The fourth-order valence-corrected chi connectivity index (χ4v) is 6.45. The zero-order valence-electron chi connectivity index (χ0n) is 12.6. The van der Waals surface area contributed by atoms with Crippen LogP contribution in [0.3, 0.4) is 0 Å². The summed E-state index contributed by atoms with van der Waals surface area (Å²) in [6.45, 7) is 5.04. The van der Waals surface area contributed by atoms with Crippen LogP contribution in [0.25, 0.3) is 0 Å². The van der Waals surface area contributed by atoms with Gasteiger partial charge in [-0.25, -0.2) is 8.42 Å². The van der Waals surface area contributed by atoms with Crippen LogP contribution in [0, 0.1) is 20.8 Å². The van der Waals surface area contributed by atoms with E-state index < -0.39 is 20.9 Å². The predicted molar refractivity (Wildman–Crippen MR) is 81.9 cm³/mol. The van der Waals surface area contributed by atoms with Crippen LogP contribution in [0.1, 0.15) is 48.8 Å². The largest absolute Gasteiger partial charge is 0.768 e. The Morgan fingerprint density at radius 3 is 2.19 bits per heavy atom. The smallest absolute Gasteiger partial charge is 0.181 e. The lowest BCUT2D eigenvalue weighted by Gasteiger charge is -2.25. The van der Waals surface area contributed by atoms with Crippen molar-refractivity contribution in [3.63, 3.8) is 0 Å². The lowest BCUT2D eigenvalue weighted by atomic mass is 10.0. The summed E-state index contributed by atoms with van der Waals surface area (Å²) in [5.41, 5.74) is 1.61. The summed E-state index contributed by atoms with van der Waals surface area (Å²) < 4.78 is 48.7. The molecule has 0 N–H and O–H groups in total. The average molecular weight is 329 g/mol. The van der Waals surface area contributed by atoms with Gasteiger partial charge in [0.15, 0.2) is 9.84 Å². The van der Waals surface area contributed by atoms with Crippen molar-refractivity contribution in [1.29, 1.82) is 0 Å². The maximum atomic E-state index is 12.9. The highest BCUT2D eigenvalue weighted by Crippen LogP contribution is 2.34. The third kappa shape index (κ3) is 3.07. The lowest BCUT2D eigenvalue weighted by molar-refractivity contribution is 0.483. The van der Waals surface area contributed by atoms with E-state index in [2.05, 4.69) is 0 Å². The Balaban J connectivity index is 2.62. The molecule has 1 unspecified atom stereocenters. The van der Waals surface area contributed by atoms with Crippen molar-refractivity contribution in [2.24, 2.45) is 0 Å². The zero-order valence-corrected chi connectivity index (χ0v) is 14.3.